The minimum Gasteiger partial charge on any atom is -0.595 e. The summed E-state index contributed by atoms with van der Waals surface area (Å²) in [6.07, 6.45) is 1.48. The van der Waals surface area contributed by atoms with Gasteiger partial charge in [-0.25, -0.2) is 8.78 Å². The van der Waals surface area contributed by atoms with Crippen molar-refractivity contribution in [1.82, 2.24) is 10.6 Å². The molecule has 0 aliphatic carbocycles. The largest absolute Gasteiger partial charge is 0.595 e. The summed E-state index contributed by atoms with van der Waals surface area (Å²) in [5.74, 6) is -1.05. The first-order valence-electron chi connectivity index (χ1n) is 6.71. The van der Waals surface area contributed by atoms with Crippen molar-refractivity contribution in [2.45, 2.75) is 23.0 Å². The molecule has 0 bridgehead atoms. The van der Waals surface area contributed by atoms with Crippen molar-refractivity contribution in [2.75, 3.05) is 17.8 Å². The van der Waals surface area contributed by atoms with Crippen LogP contribution in [-0.2, 0) is 51.9 Å². The normalized spacial score (nSPS) is 16.8. The van der Waals surface area contributed by atoms with Gasteiger partial charge in [0, 0.05) is 44.8 Å². The van der Waals surface area contributed by atoms with Gasteiger partial charge in [-0.05, 0) is 5.68 Å². The second-order valence-corrected chi connectivity index (χ2v) is 7.61. The maximum atomic E-state index is 11.6. The van der Waals surface area contributed by atoms with Crippen LogP contribution >= 0.6 is 42.0 Å². The molecule has 1 aliphatic heterocycles. The molecular weight excluding hydrogens is 511 g/mol. The summed E-state index contributed by atoms with van der Waals surface area (Å²) in [7, 11) is 14.6. The van der Waals surface area contributed by atoms with Crippen molar-refractivity contribution in [3.05, 3.63) is 5.32 Å². The molecule has 1 saturated heterocycles. The standard InChI is InChI=1S/C5H6FNO2S.C4H8BFNOPS.C2H4BNOP.Y/c6-2-10-3-1-4(8)7-5(3)9;5-4(9)7-3(8)1-10-2-6;3-2(6)4-1-5;/h3H,1-2H2,(H,7,8,9);4H,1-2,9H2,(H,7,8);2H,6H2,(H,4,5);/q;;-1;/p-1/i2*6-1;;. The first-order chi connectivity index (χ1) is 12.2. The molecule has 0 aromatic carbocycles. The Morgan fingerprint density at radius 3 is 2.19 bits per heavy atom. The number of carbonyl (C=O) groups is 3. The topological polar surface area (TPSA) is 106 Å². The molecule has 16 heteroatoms. The van der Waals surface area contributed by atoms with Gasteiger partial charge in [-0.3, -0.25) is 4.79 Å². The molecule has 0 saturated carbocycles. The summed E-state index contributed by atoms with van der Waals surface area (Å²) < 4.78 is 23.0. The van der Waals surface area contributed by atoms with E-state index in [-0.39, 0.29) is 56.5 Å². The van der Waals surface area contributed by atoms with Crippen LogP contribution in [0.3, 0.4) is 0 Å². The summed E-state index contributed by atoms with van der Waals surface area (Å²) in [4.78, 5) is 40.9. The predicted molar refractivity (Wildman–Crippen MR) is 109 cm³/mol. The zero-order valence-corrected chi connectivity index (χ0v) is 20.9. The predicted octanol–water partition coefficient (Wildman–Crippen LogP) is -0.0963. The van der Waals surface area contributed by atoms with Gasteiger partial charge in [-0.15, -0.1) is 42.0 Å². The number of thioether (sulfide) groups is 2. The Morgan fingerprint density at radius 2 is 1.89 bits per heavy atom. The van der Waals surface area contributed by atoms with E-state index in [0.29, 0.717) is 0 Å². The summed E-state index contributed by atoms with van der Waals surface area (Å²) >= 11 is 1.73. The van der Waals surface area contributed by atoms with Gasteiger partial charge in [0.2, 0.25) is 5.91 Å². The molecule has 7 nitrogen and oxygen atoms in total. The number of rotatable bonds is 8. The van der Waals surface area contributed by atoms with E-state index in [2.05, 4.69) is 34.4 Å². The van der Waals surface area contributed by atoms with Gasteiger partial charge >= 0.3 is 0 Å². The third kappa shape index (κ3) is 22.9. The molecule has 0 spiro atoms. The first-order valence-corrected chi connectivity index (χ1v) is 10.3. The van der Waals surface area contributed by atoms with Crippen LogP contribution in [0.1, 0.15) is 6.42 Å². The molecule has 1 heterocycles. The van der Waals surface area contributed by atoms with Gasteiger partial charge in [-0.1, -0.05) is 0 Å². The fourth-order valence-electron chi connectivity index (χ4n) is 1.12. The number of alkyl halides is 2. The van der Waals surface area contributed by atoms with E-state index in [1.165, 1.54) is 6.41 Å². The molecule has 0 aromatic rings. The molecule has 0 aromatic heterocycles. The van der Waals surface area contributed by atoms with Crippen LogP contribution in [-0.4, -0.2) is 74.2 Å². The Labute approximate surface area is 198 Å². The van der Waals surface area contributed by atoms with Crippen LogP contribution in [0.5, 0.6) is 0 Å². The molecule has 5 radical (unpaired) electrons. The monoisotopic (exact) mass is 528 g/mol. The van der Waals surface area contributed by atoms with E-state index in [9.17, 15) is 28.0 Å². The van der Waals surface area contributed by atoms with E-state index in [1.54, 1.807) is 0 Å². The Balaban J connectivity index is -0.000000325. The first kappa shape index (κ1) is 32.4. The number of amides is 4. The second-order valence-electron chi connectivity index (χ2n) is 4.14. The van der Waals surface area contributed by atoms with Crippen LogP contribution in [0.2, 0.25) is 0 Å². The van der Waals surface area contributed by atoms with E-state index >= 15 is 0 Å². The Bertz CT molecular complexity index is 464. The van der Waals surface area contributed by atoms with Crippen molar-refractivity contribution in [1.29, 1.82) is 0 Å². The molecule has 5 unspecified atom stereocenters. The van der Waals surface area contributed by atoms with E-state index in [4.69, 9.17) is 15.7 Å². The average molecular weight is 528 g/mol. The summed E-state index contributed by atoms with van der Waals surface area (Å²) in [6.45, 7) is 0. The summed E-state index contributed by atoms with van der Waals surface area (Å²) in [5, 5.41) is 7.10. The third-order valence-corrected chi connectivity index (χ3v) is 3.85. The van der Waals surface area contributed by atoms with Crippen molar-refractivity contribution >= 4 is 81.8 Å². The summed E-state index contributed by atoms with van der Waals surface area (Å²) in [6, 6.07) is -1.18. The fourth-order valence-corrected chi connectivity index (χ4v) is 2.33. The number of nitrogens with one attached hydrogen (secondary N) is 2. The molecule has 1 rings (SSSR count). The van der Waals surface area contributed by atoms with Crippen molar-refractivity contribution in [2.24, 2.45) is 0 Å². The van der Waals surface area contributed by atoms with Crippen LogP contribution in [0.25, 0.3) is 5.32 Å². The van der Waals surface area contributed by atoms with E-state index in [1.807, 2.05) is 0 Å². The van der Waals surface area contributed by atoms with Crippen LogP contribution < -0.4 is 10.6 Å². The zero-order chi connectivity index (χ0) is 20.5. The van der Waals surface area contributed by atoms with Gasteiger partial charge in [0.25, 0.3) is 0 Å². The zero-order valence-electron chi connectivity index (χ0n) is 14.1. The molecule has 1 aliphatic rings. The Morgan fingerprint density at radius 1 is 1.30 bits per heavy atom. The summed E-state index contributed by atoms with van der Waals surface area (Å²) in [5.41, 5.74) is -0.796. The molecule has 2 N–H and O–H groups in total. The molecule has 1 fully saturated rings. The third-order valence-electron chi connectivity index (χ3n) is 2.00. The number of imide groups is 1. The van der Waals surface area contributed by atoms with Crippen molar-refractivity contribution < 1.29 is 60.7 Å². The molecule has 5 atom stereocenters. The Kier molecular flexibility index (Phi) is 25.7. The van der Waals surface area contributed by atoms with Gasteiger partial charge < -0.3 is 30.3 Å². The average Bonchev–Trinajstić information content (AvgIpc) is 2.84. The number of nitrogens with zero attached hydrogens (tertiary/aromatic N) is 1. The maximum Gasteiger partial charge on any atom is 0.229 e. The molecule has 147 valence electrons. The van der Waals surface area contributed by atoms with Gasteiger partial charge in [0.15, 0.2) is 0 Å². The van der Waals surface area contributed by atoms with Gasteiger partial charge in [0.05, 0.1) is 22.8 Å². The minimum absolute atomic E-state index is 0. The number of carbonyl (C=O) groups excluding carboxylic acids is 4. The number of hydrogen-bond acceptors (Lipinski definition) is 6. The Hall–Kier alpha value is 0.734. The van der Waals surface area contributed by atoms with Crippen molar-refractivity contribution in [3.63, 3.8) is 0 Å². The van der Waals surface area contributed by atoms with Gasteiger partial charge in [0.1, 0.15) is 27.7 Å². The van der Waals surface area contributed by atoms with Crippen LogP contribution in [0.15, 0.2) is 0 Å². The number of halogens is 2. The van der Waals surface area contributed by atoms with Crippen LogP contribution in [0, 0.1) is 0 Å². The molecule has 4 amide bonds. The van der Waals surface area contributed by atoms with E-state index < -0.39 is 34.8 Å². The van der Waals surface area contributed by atoms with Crippen LogP contribution in [0.4, 0.5) is 8.78 Å². The molecule has 27 heavy (non-hydrogen) atoms. The van der Waals surface area contributed by atoms with Gasteiger partial charge in [-0.2, -0.15) is 6.41 Å². The SMILES string of the molecule is O=C1CC(SC[18F])C(=O)[N-]1.[B]C(P)NC(=O)CSC[18F].[B]C(P)N[C-]=O.[Y]. The quantitative estimate of drug-likeness (QED) is 0.150. The fraction of sp³-hybridized carbons (Fsp3) is 0.636. The smallest absolute Gasteiger partial charge is 0.229 e. The maximum absolute atomic E-state index is 11.6. The minimum atomic E-state index is -0.640. The number of hydrogen-bond donors (Lipinski definition) is 2. The van der Waals surface area contributed by atoms with Crippen molar-refractivity contribution in [3.8, 4) is 0 Å². The second kappa shape index (κ2) is 21.4. The van der Waals surface area contributed by atoms with E-state index in [0.717, 1.165) is 23.5 Å². The molecular formula is C11H17B2F2N3O4P2S2Y-2.